The van der Waals surface area contributed by atoms with Crippen LogP contribution in [0.25, 0.3) is 76.8 Å². The van der Waals surface area contributed by atoms with Crippen molar-refractivity contribution in [3.63, 3.8) is 0 Å². The molecule has 0 amide bonds. The van der Waals surface area contributed by atoms with Gasteiger partial charge in [0.15, 0.2) is 0 Å². The van der Waals surface area contributed by atoms with E-state index in [1.807, 2.05) is 36.7 Å². The van der Waals surface area contributed by atoms with Crippen molar-refractivity contribution in [3.05, 3.63) is 151 Å². The van der Waals surface area contributed by atoms with Gasteiger partial charge < -0.3 is 4.98 Å². The number of aromatic nitrogens is 2. The Kier molecular flexibility index (Phi) is 9.69. The summed E-state index contributed by atoms with van der Waals surface area (Å²) in [5, 5.41) is 9.93. The molecular weight excluding hydrogens is 861 g/mol. The van der Waals surface area contributed by atoms with Gasteiger partial charge in [-0.3, -0.25) is 0 Å². The topological polar surface area (TPSA) is 38.9 Å². The summed E-state index contributed by atoms with van der Waals surface area (Å²) in [4.78, 5) is 9.05. The smallest absolute Gasteiger partial charge is 0.0160 e. The van der Waals surface area contributed by atoms with E-state index in [-0.39, 0.29) is 20.1 Å². The number of rotatable bonds is 4. The van der Waals surface area contributed by atoms with E-state index in [1.54, 1.807) is 0 Å². The molecule has 3 nitrogen and oxygen atoms in total. The van der Waals surface area contributed by atoms with Crippen LogP contribution in [-0.4, -0.2) is 23.2 Å². The number of hydrogen-bond donors (Lipinski definition) is 0. The van der Waals surface area contributed by atoms with Gasteiger partial charge in [-0.2, -0.15) is 0 Å². The SMILES string of the molecule is CC(C)c1ccnc(-c2[c-]ccc3c2oc2c[c]([Ge]([CH3])([CH3])[CH3])ccc23)c1.[Ir].[c-]1cc2c3ccccc3c3ccccc3c2cc1-c1ccccn1. The van der Waals surface area contributed by atoms with Gasteiger partial charge in [0.25, 0.3) is 0 Å². The molecule has 9 rings (SSSR count). The van der Waals surface area contributed by atoms with Crippen LogP contribution in [0.4, 0.5) is 0 Å². The van der Waals surface area contributed by atoms with Gasteiger partial charge in [-0.1, -0.05) is 76.8 Å². The molecule has 0 bridgehead atoms. The zero-order valence-corrected chi connectivity index (χ0v) is 33.9. The molecule has 3 heterocycles. The van der Waals surface area contributed by atoms with Crippen molar-refractivity contribution >= 4 is 71.9 Å². The van der Waals surface area contributed by atoms with Gasteiger partial charge in [-0.15, -0.1) is 23.8 Å². The van der Waals surface area contributed by atoms with Crippen molar-refractivity contribution in [2.75, 3.05) is 0 Å². The summed E-state index contributed by atoms with van der Waals surface area (Å²) in [7, 11) is 0. The van der Waals surface area contributed by atoms with Gasteiger partial charge in [0.2, 0.25) is 0 Å². The molecule has 0 aliphatic heterocycles. The Labute approximate surface area is 315 Å². The maximum Gasteiger partial charge on any atom is 0.0160 e. The maximum atomic E-state index is 6.33. The second-order valence-electron chi connectivity index (χ2n) is 14.3. The van der Waals surface area contributed by atoms with Crippen molar-refractivity contribution in [2.45, 2.75) is 37.0 Å². The largest absolute Gasteiger partial charge is 0.305 e. The summed E-state index contributed by atoms with van der Waals surface area (Å²) in [6.45, 7) is 4.40. The minimum absolute atomic E-state index is 0. The predicted molar refractivity (Wildman–Crippen MR) is 214 cm³/mol. The van der Waals surface area contributed by atoms with E-state index in [2.05, 4.69) is 150 Å². The Balaban J connectivity index is 0.000000157. The Hall–Kier alpha value is -4.61. The van der Waals surface area contributed by atoms with Crippen LogP contribution in [0, 0.1) is 12.1 Å². The van der Waals surface area contributed by atoms with Crippen molar-refractivity contribution in [1.82, 2.24) is 9.97 Å². The third-order valence-electron chi connectivity index (χ3n) is 9.62. The van der Waals surface area contributed by atoms with Crippen LogP contribution in [0.15, 0.2) is 138 Å². The average Bonchev–Trinajstić information content (AvgIpc) is 3.53. The van der Waals surface area contributed by atoms with E-state index >= 15 is 0 Å². The first-order chi connectivity index (χ1) is 24.3. The molecule has 0 saturated heterocycles. The average molecular weight is 900 g/mol. The second-order valence-corrected chi connectivity index (χ2v) is 24.9. The van der Waals surface area contributed by atoms with E-state index < -0.39 is 13.3 Å². The molecule has 6 aromatic carbocycles. The van der Waals surface area contributed by atoms with Crippen LogP contribution >= 0.6 is 0 Å². The quantitative estimate of drug-likeness (QED) is 0.100. The summed E-state index contributed by atoms with van der Waals surface area (Å²) in [6.07, 6.45) is 3.71. The van der Waals surface area contributed by atoms with Crippen LogP contribution in [-0.2, 0) is 20.1 Å². The monoisotopic (exact) mass is 901 g/mol. The molecule has 0 N–H and O–H groups in total. The molecule has 51 heavy (non-hydrogen) atoms. The molecule has 0 atom stereocenters. The van der Waals surface area contributed by atoms with E-state index in [0.717, 1.165) is 39.1 Å². The fraction of sp³-hybridized carbons (Fsp3) is 0.130. The zero-order valence-electron chi connectivity index (χ0n) is 29.4. The first kappa shape index (κ1) is 34.8. The summed E-state index contributed by atoms with van der Waals surface area (Å²) < 4.78 is 7.79. The van der Waals surface area contributed by atoms with E-state index in [4.69, 9.17) is 4.42 Å². The van der Waals surface area contributed by atoms with Gasteiger partial charge in [0.05, 0.1) is 0 Å². The van der Waals surface area contributed by atoms with Crippen molar-refractivity contribution in [1.29, 1.82) is 0 Å². The molecular formula is C46H38GeIrN2O-2. The number of pyridine rings is 2. The fourth-order valence-electron chi connectivity index (χ4n) is 6.85. The van der Waals surface area contributed by atoms with E-state index in [1.165, 1.54) is 47.7 Å². The van der Waals surface area contributed by atoms with Crippen molar-refractivity contribution in [2.24, 2.45) is 0 Å². The number of fused-ring (bicyclic) bond motifs is 9. The van der Waals surface area contributed by atoms with E-state index in [0.29, 0.717) is 5.92 Å². The second kappa shape index (κ2) is 14.2. The molecule has 9 aromatic rings. The summed E-state index contributed by atoms with van der Waals surface area (Å²) in [6, 6.07) is 49.3. The van der Waals surface area contributed by atoms with Gasteiger partial charge >= 0.3 is 158 Å². The molecule has 0 spiro atoms. The summed E-state index contributed by atoms with van der Waals surface area (Å²) in [5.41, 5.74) is 6.99. The van der Waals surface area contributed by atoms with Gasteiger partial charge in [0, 0.05) is 26.3 Å². The van der Waals surface area contributed by atoms with Crippen LogP contribution in [0.1, 0.15) is 25.3 Å². The molecule has 0 aliphatic rings. The maximum absolute atomic E-state index is 6.33. The minimum Gasteiger partial charge on any atom is -0.305 e. The number of nitrogens with zero attached hydrogens (tertiary/aromatic N) is 2. The fourth-order valence-corrected chi connectivity index (χ4v) is 9.26. The third-order valence-corrected chi connectivity index (χ3v) is 13.9. The normalized spacial score (nSPS) is 11.6. The summed E-state index contributed by atoms with van der Waals surface area (Å²) in [5.74, 6) is 7.69. The zero-order chi connectivity index (χ0) is 34.4. The van der Waals surface area contributed by atoms with Crippen molar-refractivity contribution < 1.29 is 24.5 Å². The standard InChI is InChI=1S/C23H24GeNO.C23H14N.Ir/c1-15(2)16-11-12-25-21(13-16)20-8-6-7-19-18-10-9-17(24(3,4)5)14-22(18)26-23(19)20;1-2-9-19-17(7-1)18-8-3-4-10-20(18)22-15-16(12-13-21(19)22)23-11-5-6-14-24-23;/h6-7,9-15H,1-5H3;1-11,13-15H;/q2*-1;. The van der Waals surface area contributed by atoms with Gasteiger partial charge in [0.1, 0.15) is 0 Å². The molecule has 3 aromatic heterocycles. The minimum atomic E-state index is -1.89. The molecule has 0 saturated carbocycles. The van der Waals surface area contributed by atoms with Crippen molar-refractivity contribution in [3.8, 4) is 22.5 Å². The van der Waals surface area contributed by atoms with Crippen LogP contribution in [0.2, 0.25) is 17.3 Å². The van der Waals surface area contributed by atoms with Gasteiger partial charge in [-0.25, -0.2) is 0 Å². The molecule has 5 heteroatoms. The molecule has 0 unspecified atom stereocenters. The first-order valence-corrected chi connectivity index (χ1v) is 24.6. The molecule has 1 radical (unpaired) electrons. The van der Waals surface area contributed by atoms with Crippen LogP contribution in [0.3, 0.4) is 0 Å². The summed E-state index contributed by atoms with van der Waals surface area (Å²) >= 11 is -1.89. The molecule has 253 valence electrons. The Morgan fingerprint density at radius 2 is 1.25 bits per heavy atom. The van der Waals surface area contributed by atoms with E-state index in [9.17, 15) is 0 Å². The Bertz CT molecular complexity index is 2640. The first-order valence-electron chi connectivity index (χ1n) is 17.3. The third kappa shape index (κ3) is 6.65. The molecule has 0 fully saturated rings. The van der Waals surface area contributed by atoms with Crippen LogP contribution < -0.4 is 4.40 Å². The molecule has 0 aliphatic carbocycles. The Morgan fingerprint density at radius 3 is 1.92 bits per heavy atom. The van der Waals surface area contributed by atoms with Gasteiger partial charge in [-0.05, 0) is 27.9 Å². The number of hydrogen-bond acceptors (Lipinski definition) is 3. The number of furan rings is 1. The predicted octanol–water partition coefficient (Wildman–Crippen LogP) is 12.1. The Morgan fingerprint density at radius 1 is 0.588 bits per heavy atom. The number of benzene rings is 6. The van der Waals surface area contributed by atoms with Crippen LogP contribution in [0.5, 0.6) is 0 Å².